The maximum Gasteiger partial charge on any atom is 0.276 e. The maximum atomic E-state index is 14.3. The van der Waals surface area contributed by atoms with Crippen LogP contribution in [-0.4, -0.2) is 85.6 Å². The van der Waals surface area contributed by atoms with Gasteiger partial charge in [0.1, 0.15) is 5.82 Å². The van der Waals surface area contributed by atoms with Crippen LogP contribution in [0.1, 0.15) is 65.8 Å². The highest BCUT2D eigenvalue weighted by Crippen LogP contribution is 2.70. The third kappa shape index (κ3) is 5.14. The zero-order valence-electron chi connectivity index (χ0n) is 26.5. The molecule has 3 aromatic heterocycles. The van der Waals surface area contributed by atoms with E-state index in [0.29, 0.717) is 62.5 Å². The summed E-state index contributed by atoms with van der Waals surface area (Å²) >= 11 is 0. The molecule has 4 fully saturated rings. The predicted octanol–water partition coefficient (Wildman–Crippen LogP) is 2.52. The number of rotatable bonds is 7. The number of nitrogens with one attached hydrogen (secondary N) is 3. The summed E-state index contributed by atoms with van der Waals surface area (Å²) in [6.07, 6.45) is 7.59. The zero-order valence-corrected chi connectivity index (χ0v) is 26.5. The van der Waals surface area contributed by atoms with Crippen molar-refractivity contribution in [3.05, 3.63) is 53.2 Å². The Hall–Kier alpha value is -4.69. The van der Waals surface area contributed by atoms with Gasteiger partial charge in [0.15, 0.2) is 5.69 Å². The van der Waals surface area contributed by atoms with Gasteiger partial charge in [-0.1, -0.05) is 13.0 Å². The standard InChI is InChI=1S/C33H37F2N9O4/c1-32-11-24-23(10-25(32)33(32,34)35)28(41-40-24)30(47)38-21-13-37-44(17-21)16-18-14-43(15-18)31(48)19-6-8-42(9-7-19)26-4-2-20(12-36-26)22-3-5-27(45)39-29(22)46/h2,4,12-13,17-19,22,25H,3,5-11,14-16H2,1H3,(H,38,47)(H,40,41)(H,39,45,46)/t22?,25?,32-/m1/s1. The summed E-state index contributed by atoms with van der Waals surface area (Å²) in [6.45, 7) is 4.92. The Labute approximate surface area is 274 Å². The Morgan fingerprint density at radius 3 is 2.62 bits per heavy atom. The summed E-state index contributed by atoms with van der Waals surface area (Å²) in [5.74, 6) is -3.62. The van der Waals surface area contributed by atoms with Gasteiger partial charge in [-0.2, -0.15) is 10.2 Å². The molecule has 2 aliphatic carbocycles. The molecule has 4 amide bonds. The van der Waals surface area contributed by atoms with E-state index in [9.17, 15) is 28.0 Å². The number of amides is 4. The van der Waals surface area contributed by atoms with Crippen molar-refractivity contribution in [3.8, 4) is 0 Å². The van der Waals surface area contributed by atoms with Gasteiger partial charge < -0.3 is 15.1 Å². The molecule has 0 radical (unpaired) electrons. The van der Waals surface area contributed by atoms with Gasteiger partial charge in [0.05, 0.1) is 17.8 Å². The predicted molar refractivity (Wildman–Crippen MR) is 167 cm³/mol. The summed E-state index contributed by atoms with van der Waals surface area (Å²) in [7, 11) is 0. The fraction of sp³-hybridized carbons (Fsp3) is 0.545. The molecule has 15 heteroatoms. The van der Waals surface area contributed by atoms with Crippen LogP contribution in [0.4, 0.5) is 20.3 Å². The first kappa shape index (κ1) is 30.6. The van der Waals surface area contributed by atoms with Crippen molar-refractivity contribution < 1.29 is 28.0 Å². The molecule has 252 valence electrons. The van der Waals surface area contributed by atoms with E-state index in [1.165, 1.54) is 0 Å². The van der Waals surface area contributed by atoms with Gasteiger partial charge in [-0.05, 0) is 37.3 Å². The Balaban J connectivity index is 0.782. The van der Waals surface area contributed by atoms with E-state index in [0.717, 1.165) is 24.2 Å². The summed E-state index contributed by atoms with van der Waals surface area (Å²) < 4.78 is 30.3. The van der Waals surface area contributed by atoms with Gasteiger partial charge in [-0.3, -0.25) is 34.3 Å². The zero-order chi connectivity index (χ0) is 33.4. The molecule has 3 saturated heterocycles. The highest BCUT2D eigenvalue weighted by atomic mass is 19.3. The molecule has 2 unspecified atom stereocenters. The maximum absolute atomic E-state index is 14.3. The first-order valence-electron chi connectivity index (χ1n) is 16.6. The topological polar surface area (TPSA) is 158 Å². The lowest BCUT2D eigenvalue weighted by Crippen LogP contribution is -2.54. The number of nitrogens with zero attached hydrogens (tertiary/aromatic N) is 6. The number of anilines is 2. The molecule has 3 atom stereocenters. The van der Waals surface area contributed by atoms with E-state index in [2.05, 4.69) is 35.8 Å². The second-order valence-corrected chi connectivity index (χ2v) is 14.2. The lowest BCUT2D eigenvalue weighted by molar-refractivity contribution is -0.143. The fourth-order valence-electron chi connectivity index (χ4n) is 8.06. The quantitative estimate of drug-likeness (QED) is 0.326. The van der Waals surface area contributed by atoms with Crippen LogP contribution >= 0.6 is 0 Å². The molecule has 0 bridgehead atoms. The average Bonchev–Trinajstić information content (AvgIpc) is 3.46. The number of hydrogen-bond acceptors (Lipinski definition) is 8. The fourth-order valence-corrected chi connectivity index (χ4v) is 8.06. The smallest absolute Gasteiger partial charge is 0.276 e. The number of H-pyrrole nitrogens is 1. The molecule has 0 aromatic carbocycles. The number of alkyl halides is 2. The second kappa shape index (κ2) is 11.2. The van der Waals surface area contributed by atoms with E-state index >= 15 is 0 Å². The minimum Gasteiger partial charge on any atom is -0.357 e. The number of piperidine rings is 2. The number of likely N-dealkylation sites (tertiary alicyclic amines) is 1. The van der Waals surface area contributed by atoms with Crippen LogP contribution < -0.4 is 15.5 Å². The van der Waals surface area contributed by atoms with E-state index in [-0.39, 0.29) is 54.0 Å². The third-order valence-electron chi connectivity index (χ3n) is 11.2. The van der Waals surface area contributed by atoms with Gasteiger partial charge >= 0.3 is 0 Å². The van der Waals surface area contributed by atoms with Crippen LogP contribution in [0.2, 0.25) is 0 Å². The van der Waals surface area contributed by atoms with Crippen molar-refractivity contribution in [2.45, 2.75) is 63.8 Å². The number of pyridine rings is 1. The van der Waals surface area contributed by atoms with Crippen LogP contribution in [0.5, 0.6) is 0 Å². The number of imide groups is 1. The lowest BCUT2D eigenvalue weighted by Gasteiger charge is -2.42. The third-order valence-corrected chi connectivity index (χ3v) is 11.2. The molecule has 6 heterocycles. The Morgan fingerprint density at radius 1 is 1.10 bits per heavy atom. The summed E-state index contributed by atoms with van der Waals surface area (Å²) in [5.41, 5.74) is 1.56. The largest absolute Gasteiger partial charge is 0.357 e. The highest BCUT2D eigenvalue weighted by molar-refractivity contribution is 6.04. The summed E-state index contributed by atoms with van der Waals surface area (Å²) in [4.78, 5) is 58.5. The molecule has 13 nitrogen and oxygen atoms in total. The van der Waals surface area contributed by atoms with Crippen molar-refractivity contribution >= 4 is 35.1 Å². The minimum atomic E-state index is -2.73. The first-order chi connectivity index (χ1) is 23.0. The van der Waals surface area contributed by atoms with Gasteiger partial charge in [-0.15, -0.1) is 0 Å². The Bertz CT molecular complexity index is 1790. The van der Waals surface area contributed by atoms with Crippen LogP contribution in [0, 0.1) is 23.2 Å². The molecular formula is C33H37F2N9O4. The molecule has 8 rings (SSSR count). The molecule has 5 aliphatic rings. The van der Waals surface area contributed by atoms with Crippen molar-refractivity contribution in [1.29, 1.82) is 0 Å². The molecule has 3 N–H and O–H groups in total. The van der Waals surface area contributed by atoms with E-state index in [1.807, 2.05) is 17.0 Å². The molecule has 48 heavy (non-hydrogen) atoms. The van der Waals surface area contributed by atoms with Crippen molar-refractivity contribution in [2.75, 3.05) is 36.4 Å². The molecular weight excluding hydrogens is 624 g/mol. The highest BCUT2D eigenvalue weighted by Gasteiger charge is 2.78. The summed E-state index contributed by atoms with van der Waals surface area (Å²) in [5, 5.41) is 16.5. The molecule has 3 aliphatic heterocycles. The van der Waals surface area contributed by atoms with E-state index in [4.69, 9.17) is 0 Å². The average molecular weight is 662 g/mol. The number of fused-ring (bicyclic) bond motifs is 2. The van der Waals surface area contributed by atoms with Crippen molar-refractivity contribution in [1.82, 2.24) is 35.2 Å². The van der Waals surface area contributed by atoms with Crippen LogP contribution in [0.25, 0.3) is 0 Å². The number of carbonyl (C=O) groups excluding carboxylic acids is 4. The number of hydrogen-bond donors (Lipinski definition) is 3. The van der Waals surface area contributed by atoms with Gasteiger partial charge in [0.25, 0.3) is 11.8 Å². The van der Waals surface area contributed by atoms with Crippen molar-refractivity contribution in [3.63, 3.8) is 0 Å². The Morgan fingerprint density at radius 2 is 1.90 bits per heavy atom. The number of aromatic amines is 1. The number of halogens is 2. The SMILES string of the molecule is C[C@@]12Cc3[nH]nc(C(=O)Nc4cnn(CC5CN(C(=O)C6CCN(c7ccc(C8CCC(=O)NC8=O)cn7)CC6)C5)c4)c3CC1C2(F)F. The van der Waals surface area contributed by atoms with Crippen molar-refractivity contribution in [2.24, 2.45) is 23.2 Å². The summed E-state index contributed by atoms with van der Waals surface area (Å²) in [6, 6.07) is 3.80. The van der Waals surface area contributed by atoms with Crippen LogP contribution in [0.3, 0.4) is 0 Å². The van der Waals surface area contributed by atoms with Crippen LogP contribution in [-0.2, 0) is 33.8 Å². The lowest BCUT2D eigenvalue weighted by atomic mass is 9.87. The van der Waals surface area contributed by atoms with Gasteiger partial charge in [-0.25, -0.2) is 13.8 Å². The molecule has 0 spiro atoms. The minimum absolute atomic E-state index is 0.0378. The van der Waals surface area contributed by atoms with Gasteiger partial charge in [0, 0.05) is 92.4 Å². The van der Waals surface area contributed by atoms with Crippen LogP contribution in [0.15, 0.2) is 30.7 Å². The number of carbonyl (C=O) groups is 4. The van der Waals surface area contributed by atoms with E-state index < -0.39 is 23.2 Å². The first-order valence-corrected chi connectivity index (χ1v) is 16.6. The van der Waals surface area contributed by atoms with Gasteiger partial charge in [0.2, 0.25) is 17.7 Å². The van der Waals surface area contributed by atoms with E-state index in [1.54, 1.807) is 30.2 Å². The monoisotopic (exact) mass is 661 g/mol. The number of aromatic nitrogens is 5. The molecule has 1 saturated carbocycles. The Kier molecular flexibility index (Phi) is 7.14. The normalized spacial score (nSPS) is 26.7. The molecule has 3 aromatic rings. The second-order valence-electron chi connectivity index (χ2n) is 14.2.